The lowest BCUT2D eigenvalue weighted by atomic mass is 9.36. The zero-order valence-electron chi connectivity index (χ0n) is 33.0. The number of halogens is 1. The molecule has 3 aromatic carbocycles. The fraction of sp³-hybridized carbons (Fsp3) is 0.489. The predicted molar refractivity (Wildman–Crippen MR) is 233 cm³/mol. The van der Waals surface area contributed by atoms with E-state index in [-0.39, 0.29) is 21.7 Å². The molecule has 1 aliphatic heterocycles. The van der Waals surface area contributed by atoms with E-state index >= 15 is 0 Å². The van der Waals surface area contributed by atoms with Gasteiger partial charge in [-0.25, -0.2) is 0 Å². The van der Waals surface area contributed by atoms with Gasteiger partial charge in [-0.2, -0.15) is 0 Å². The Kier molecular flexibility index (Phi) is 8.29. The molecule has 266 valence electrons. The van der Waals surface area contributed by atoms with Gasteiger partial charge < -0.3 is 4.90 Å². The molecule has 0 radical (unpaired) electrons. The summed E-state index contributed by atoms with van der Waals surface area (Å²) in [4.78, 5) is 5.75. The summed E-state index contributed by atoms with van der Waals surface area (Å²) < 4.78 is 1.36. The monoisotopic (exact) mass is 805 g/mol. The van der Waals surface area contributed by atoms with Crippen LogP contribution in [0.2, 0.25) is 0 Å². The van der Waals surface area contributed by atoms with Crippen molar-refractivity contribution in [3.63, 3.8) is 0 Å². The van der Waals surface area contributed by atoms with E-state index in [4.69, 9.17) is 0 Å². The van der Waals surface area contributed by atoms with Crippen molar-refractivity contribution in [3.05, 3.63) is 102 Å². The molecule has 0 spiro atoms. The number of benzene rings is 3. The predicted octanol–water partition coefficient (Wildman–Crippen LogP) is 12.6. The minimum Gasteiger partial charge on any atom is -0.311 e. The van der Waals surface area contributed by atoms with Crippen LogP contribution < -0.4 is 15.8 Å². The van der Waals surface area contributed by atoms with Gasteiger partial charge in [0.05, 0.1) is 0 Å². The Hall–Kier alpha value is -2.31. The smallest absolute Gasteiger partial charge is 0.221 e. The van der Waals surface area contributed by atoms with E-state index in [0.29, 0.717) is 18.0 Å². The summed E-state index contributed by atoms with van der Waals surface area (Å²) >= 11 is 4.73. The molecule has 1 atom stereocenters. The zero-order valence-corrected chi connectivity index (χ0v) is 36.0. The van der Waals surface area contributed by atoms with Crippen LogP contribution in [0.3, 0.4) is 0 Å². The Morgan fingerprint density at radius 1 is 0.784 bits per heavy atom. The molecule has 0 saturated heterocycles. The first-order valence-electron chi connectivity index (χ1n) is 19.5. The summed E-state index contributed by atoms with van der Waals surface area (Å²) in [5.41, 5.74) is 15.6. The maximum absolute atomic E-state index is 2.63. The maximum Gasteiger partial charge on any atom is 0.221 e. The Labute approximate surface area is 326 Å². The van der Waals surface area contributed by atoms with E-state index in [0.717, 1.165) is 6.32 Å². The Morgan fingerprint density at radius 2 is 1.49 bits per heavy atom. The van der Waals surface area contributed by atoms with Crippen LogP contribution in [0.25, 0.3) is 6.08 Å². The van der Waals surface area contributed by atoms with Crippen molar-refractivity contribution < 1.29 is 0 Å². The van der Waals surface area contributed by atoms with E-state index in [1.165, 1.54) is 90.8 Å². The molecule has 0 amide bonds. The second-order valence-corrected chi connectivity index (χ2v) is 22.5. The summed E-state index contributed by atoms with van der Waals surface area (Å²) in [6.45, 7) is 27.1. The standard InChI is InChI=1S/C47H57BINS/c1-43(2,3)30-15-18-37-40(25-30)50(31-16-17-33-35(26-31)46(8,9)20-19-44(33,4)5)39-14-12-13-38(49)42(39)48(37)28-32-23-29-24-34-36(27-41(29)51-32)47(10,11)22-21-45(34,6)7/h12-18,23-26,36H,19-22,27-28H2,1-11H3. The molecule has 4 aromatic rings. The van der Waals surface area contributed by atoms with Crippen molar-refractivity contribution in [1.82, 2.24) is 0 Å². The fourth-order valence-corrected chi connectivity index (χ4v) is 12.1. The van der Waals surface area contributed by atoms with Crippen LogP contribution in [0, 0.1) is 20.3 Å². The van der Waals surface area contributed by atoms with Crippen LogP contribution in [0.1, 0.15) is 134 Å². The average molecular weight is 806 g/mol. The highest BCUT2D eigenvalue weighted by molar-refractivity contribution is 14.1. The normalized spacial score (nSPS) is 22.3. The fourth-order valence-electron chi connectivity index (χ4n) is 10.0. The number of anilines is 3. The van der Waals surface area contributed by atoms with E-state index in [9.17, 15) is 0 Å². The Balaban J connectivity index is 1.27. The molecular formula is C47H57BINS. The number of fused-ring (bicyclic) bond motifs is 5. The second kappa shape index (κ2) is 11.8. The molecular weight excluding hydrogens is 748 g/mol. The topological polar surface area (TPSA) is 3.24 Å². The number of hydrogen-bond donors (Lipinski definition) is 0. The molecule has 1 saturated carbocycles. The summed E-state index contributed by atoms with van der Waals surface area (Å²) in [6, 6.07) is 24.4. The van der Waals surface area contributed by atoms with Crippen LogP contribution in [0.5, 0.6) is 0 Å². The van der Waals surface area contributed by atoms with Gasteiger partial charge in [0, 0.05) is 25.5 Å². The van der Waals surface area contributed by atoms with Crippen LogP contribution in [-0.2, 0) is 29.0 Å². The van der Waals surface area contributed by atoms with Gasteiger partial charge in [0.2, 0.25) is 6.71 Å². The van der Waals surface area contributed by atoms with Crippen molar-refractivity contribution in [3.8, 4) is 0 Å². The number of allylic oxidation sites excluding steroid dienone is 1. The molecule has 0 bridgehead atoms. The highest BCUT2D eigenvalue weighted by Crippen LogP contribution is 2.56. The first-order chi connectivity index (χ1) is 23.8. The highest BCUT2D eigenvalue weighted by Gasteiger charge is 2.46. The van der Waals surface area contributed by atoms with E-state index in [2.05, 4.69) is 182 Å². The third kappa shape index (κ3) is 5.92. The highest BCUT2D eigenvalue weighted by atomic mass is 127. The lowest BCUT2D eigenvalue weighted by Gasteiger charge is -2.50. The third-order valence-corrected chi connectivity index (χ3v) is 15.9. The molecule has 0 N–H and O–H groups in total. The number of rotatable bonds is 3. The average Bonchev–Trinajstić information content (AvgIpc) is 3.46. The van der Waals surface area contributed by atoms with Gasteiger partial charge in [-0.05, 0) is 163 Å². The van der Waals surface area contributed by atoms with Gasteiger partial charge >= 0.3 is 0 Å². The van der Waals surface area contributed by atoms with Crippen molar-refractivity contribution in [2.45, 2.75) is 131 Å². The first-order valence-corrected chi connectivity index (χ1v) is 21.4. The van der Waals surface area contributed by atoms with Gasteiger partial charge in [0.1, 0.15) is 0 Å². The molecule has 4 aliphatic rings. The number of thiophene rings is 1. The van der Waals surface area contributed by atoms with Crippen LogP contribution in [-0.4, -0.2) is 6.71 Å². The largest absolute Gasteiger partial charge is 0.311 e. The molecule has 4 heteroatoms. The molecule has 1 unspecified atom stereocenters. The minimum absolute atomic E-state index is 0.0576. The number of nitrogens with zero attached hydrogens (tertiary/aromatic N) is 1. The second-order valence-electron chi connectivity index (χ2n) is 20.1. The molecule has 1 nitrogen and oxygen atoms in total. The van der Waals surface area contributed by atoms with Crippen molar-refractivity contribution in [2.24, 2.45) is 16.7 Å². The van der Waals surface area contributed by atoms with Gasteiger partial charge in [0.25, 0.3) is 0 Å². The third-order valence-electron chi connectivity index (χ3n) is 13.7. The van der Waals surface area contributed by atoms with Crippen LogP contribution in [0.15, 0.2) is 66.2 Å². The van der Waals surface area contributed by atoms with Crippen molar-refractivity contribution in [2.75, 3.05) is 4.90 Å². The summed E-state index contributed by atoms with van der Waals surface area (Å²) in [5, 5.41) is 0. The molecule has 1 fully saturated rings. The molecule has 51 heavy (non-hydrogen) atoms. The van der Waals surface area contributed by atoms with Gasteiger partial charge in [0.15, 0.2) is 0 Å². The number of hydrogen-bond acceptors (Lipinski definition) is 2. The van der Waals surface area contributed by atoms with Gasteiger partial charge in [-0.1, -0.05) is 118 Å². The Morgan fingerprint density at radius 3 is 2.22 bits per heavy atom. The Bertz CT molecular complexity index is 2090. The molecule has 2 heterocycles. The van der Waals surface area contributed by atoms with E-state index in [1.807, 2.05) is 0 Å². The van der Waals surface area contributed by atoms with Crippen LogP contribution >= 0.6 is 33.9 Å². The molecule has 3 aliphatic carbocycles. The van der Waals surface area contributed by atoms with E-state index in [1.54, 1.807) is 10.5 Å². The minimum atomic E-state index is 0.0576. The van der Waals surface area contributed by atoms with Crippen molar-refractivity contribution in [1.29, 1.82) is 0 Å². The molecule has 1 aromatic heterocycles. The molecule has 8 rings (SSSR count). The summed E-state index contributed by atoms with van der Waals surface area (Å²) in [5.74, 6) is 0.647. The quantitative estimate of drug-likeness (QED) is 0.147. The lowest BCUT2D eigenvalue weighted by Crippen LogP contribution is -2.53. The van der Waals surface area contributed by atoms with Gasteiger partial charge in [-0.15, -0.1) is 11.3 Å². The SMILES string of the molecule is CC1(C)CCC(C)(C)C2Cc3sc(CB4c5ccc(C(C)(C)C)cc5N(c5ccc6c(c5)C(C)(C)CCC6(C)C)c5cccc(I)c54)cc3C=C21. The van der Waals surface area contributed by atoms with Crippen LogP contribution in [0.4, 0.5) is 17.1 Å². The first kappa shape index (κ1) is 35.7. The zero-order chi connectivity index (χ0) is 36.5. The van der Waals surface area contributed by atoms with Gasteiger partial charge in [-0.3, -0.25) is 0 Å². The summed E-state index contributed by atoms with van der Waals surface area (Å²) in [6.07, 6.45) is 9.90. The summed E-state index contributed by atoms with van der Waals surface area (Å²) in [7, 11) is 0. The van der Waals surface area contributed by atoms with Crippen molar-refractivity contribution >= 4 is 74.7 Å². The maximum atomic E-state index is 2.63. The van der Waals surface area contributed by atoms with E-state index < -0.39 is 0 Å². The lowest BCUT2D eigenvalue weighted by molar-refractivity contribution is 0.124.